The van der Waals surface area contributed by atoms with E-state index in [-0.39, 0.29) is 30.1 Å². The van der Waals surface area contributed by atoms with E-state index in [9.17, 15) is 0 Å². The molecule has 168 valence electrons. The highest BCUT2D eigenvalue weighted by molar-refractivity contribution is 14.0. The zero-order chi connectivity index (χ0) is 20.6. The number of nitrogens with zero attached hydrogens (tertiary/aromatic N) is 5. The molecule has 0 spiro atoms. The van der Waals surface area contributed by atoms with Crippen molar-refractivity contribution >= 4 is 52.9 Å². The van der Waals surface area contributed by atoms with Gasteiger partial charge in [-0.15, -0.1) is 35.3 Å². The second-order valence-electron chi connectivity index (χ2n) is 6.78. The van der Waals surface area contributed by atoms with Crippen LogP contribution in [0.15, 0.2) is 21.6 Å². The third-order valence-electron chi connectivity index (χ3n) is 4.64. The first-order chi connectivity index (χ1) is 14.1. The molecule has 30 heavy (non-hydrogen) atoms. The molecule has 3 rings (SSSR count). The number of aliphatic imine (C=N–C) groups is 1. The summed E-state index contributed by atoms with van der Waals surface area (Å²) in [4.78, 5) is 15.1. The molecular weight excluding hydrogens is 539 g/mol. The number of guanidine groups is 1. The van der Waals surface area contributed by atoms with Gasteiger partial charge in [-0.2, -0.15) is 4.98 Å². The maximum Gasteiger partial charge on any atom is 0.248 e. The van der Waals surface area contributed by atoms with Crippen LogP contribution in [-0.2, 0) is 17.8 Å². The fourth-order valence-corrected chi connectivity index (χ4v) is 4.30. The number of ether oxygens (including phenoxy) is 1. The molecule has 0 aromatic carbocycles. The first kappa shape index (κ1) is 25.3. The smallest absolute Gasteiger partial charge is 0.248 e. The van der Waals surface area contributed by atoms with Crippen molar-refractivity contribution in [3.8, 4) is 0 Å². The average Bonchev–Trinajstić information content (AvgIpc) is 3.35. The number of hydrogen-bond acceptors (Lipinski definition) is 7. The number of rotatable bonds is 8. The Morgan fingerprint density at radius 3 is 2.73 bits per heavy atom. The highest BCUT2D eigenvalue weighted by Gasteiger charge is 2.20. The van der Waals surface area contributed by atoms with Crippen molar-refractivity contribution in [2.45, 2.75) is 40.0 Å². The van der Waals surface area contributed by atoms with Crippen molar-refractivity contribution in [3.05, 3.63) is 33.1 Å². The summed E-state index contributed by atoms with van der Waals surface area (Å²) >= 11 is 7.69. The second kappa shape index (κ2) is 12.8. The molecule has 0 bridgehead atoms. The van der Waals surface area contributed by atoms with Crippen molar-refractivity contribution in [3.63, 3.8) is 0 Å². The van der Waals surface area contributed by atoms with Crippen LogP contribution in [-0.4, -0.2) is 65.2 Å². The Morgan fingerprint density at radius 2 is 2.10 bits per heavy atom. The standard InChI is InChI=1S/C19H29ClN6O2S.HI/c1-4-21-19(22-12-17-23-18(24-28-17)14(3)27-5-2)26-10-8-25(9-11-26)13-15-6-7-16(20)29-15;/h6-7,14H,4-5,8-13H2,1-3H3,(H,21,22);1H. The molecule has 8 nitrogen and oxygen atoms in total. The Morgan fingerprint density at radius 1 is 1.33 bits per heavy atom. The molecule has 3 heterocycles. The van der Waals surface area contributed by atoms with Gasteiger partial charge in [-0.1, -0.05) is 16.8 Å². The lowest BCUT2D eigenvalue weighted by molar-refractivity contribution is 0.0683. The molecule has 11 heteroatoms. The SMILES string of the molecule is CCNC(=NCc1nc(C(C)OCC)no1)N1CCN(Cc2ccc(Cl)s2)CC1.I. The Labute approximate surface area is 204 Å². The molecular formula is C19H30ClIN6O2S. The zero-order valence-corrected chi connectivity index (χ0v) is 21.5. The van der Waals surface area contributed by atoms with Gasteiger partial charge in [0, 0.05) is 50.8 Å². The molecule has 1 N–H and O–H groups in total. The van der Waals surface area contributed by atoms with Crippen molar-refractivity contribution in [2.75, 3.05) is 39.3 Å². The Hall–Kier alpha value is -0.950. The molecule has 0 saturated carbocycles. The molecule has 0 amide bonds. The first-order valence-corrected chi connectivity index (χ1v) is 11.2. The average molecular weight is 569 g/mol. The van der Waals surface area contributed by atoms with Crippen molar-refractivity contribution in [2.24, 2.45) is 4.99 Å². The second-order valence-corrected chi connectivity index (χ2v) is 8.58. The molecule has 2 aromatic heterocycles. The Balaban J connectivity index is 0.00000320. The minimum atomic E-state index is -0.180. The molecule has 0 aliphatic carbocycles. The topological polar surface area (TPSA) is 79.0 Å². The number of halogens is 2. The van der Waals surface area contributed by atoms with Gasteiger partial charge in [0.1, 0.15) is 12.6 Å². The molecule has 1 atom stereocenters. The van der Waals surface area contributed by atoms with E-state index in [1.807, 2.05) is 19.9 Å². The van der Waals surface area contributed by atoms with Gasteiger partial charge in [0.05, 0.1) is 4.34 Å². The monoisotopic (exact) mass is 568 g/mol. The van der Waals surface area contributed by atoms with Crippen LogP contribution in [0.4, 0.5) is 0 Å². The summed E-state index contributed by atoms with van der Waals surface area (Å²) in [5, 5.41) is 7.36. The van der Waals surface area contributed by atoms with E-state index in [0.29, 0.717) is 24.9 Å². The highest BCUT2D eigenvalue weighted by atomic mass is 127. The lowest BCUT2D eigenvalue weighted by Crippen LogP contribution is -2.52. The van der Waals surface area contributed by atoms with Crippen LogP contribution in [0.1, 0.15) is 43.5 Å². The molecule has 2 aromatic rings. The third-order valence-corrected chi connectivity index (χ3v) is 5.86. The quantitative estimate of drug-likeness (QED) is 0.295. The van der Waals surface area contributed by atoms with Gasteiger partial charge in [-0.25, -0.2) is 4.99 Å². The van der Waals surface area contributed by atoms with Crippen molar-refractivity contribution < 1.29 is 9.26 Å². The zero-order valence-electron chi connectivity index (χ0n) is 17.6. The van der Waals surface area contributed by atoms with Crippen LogP contribution in [0.5, 0.6) is 0 Å². The number of nitrogens with one attached hydrogen (secondary N) is 1. The summed E-state index contributed by atoms with van der Waals surface area (Å²) in [5.41, 5.74) is 0. The normalized spacial score (nSPS) is 16.4. The van der Waals surface area contributed by atoms with E-state index in [1.165, 1.54) is 4.88 Å². The van der Waals surface area contributed by atoms with E-state index < -0.39 is 0 Å². The lowest BCUT2D eigenvalue weighted by Gasteiger charge is -2.36. The van der Waals surface area contributed by atoms with Crippen LogP contribution < -0.4 is 5.32 Å². The van der Waals surface area contributed by atoms with Gasteiger partial charge in [-0.3, -0.25) is 4.90 Å². The minimum absolute atomic E-state index is 0. The van der Waals surface area contributed by atoms with E-state index in [4.69, 9.17) is 25.9 Å². The molecule has 0 radical (unpaired) electrons. The molecule has 1 aliphatic rings. The maximum atomic E-state index is 6.04. The van der Waals surface area contributed by atoms with Gasteiger partial charge >= 0.3 is 0 Å². The fraction of sp³-hybridized carbons (Fsp3) is 0.632. The molecule has 1 fully saturated rings. The largest absolute Gasteiger partial charge is 0.371 e. The highest BCUT2D eigenvalue weighted by Crippen LogP contribution is 2.23. The van der Waals surface area contributed by atoms with Gasteiger partial charge in [-0.05, 0) is 32.9 Å². The maximum absolute atomic E-state index is 6.04. The van der Waals surface area contributed by atoms with Crippen molar-refractivity contribution in [1.29, 1.82) is 0 Å². The van der Waals surface area contributed by atoms with Gasteiger partial charge in [0.15, 0.2) is 11.8 Å². The molecule has 1 unspecified atom stereocenters. The summed E-state index contributed by atoms with van der Waals surface area (Å²) in [5.74, 6) is 1.93. The summed E-state index contributed by atoms with van der Waals surface area (Å²) in [7, 11) is 0. The van der Waals surface area contributed by atoms with Crippen LogP contribution in [0.25, 0.3) is 0 Å². The predicted molar refractivity (Wildman–Crippen MR) is 131 cm³/mol. The Kier molecular flexibility index (Phi) is 10.8. The van der Waals surface area contributed by atoms with E-state index in [2.05, 4.69) is 38.2 Å². The summed E-state index contributed by atoms with van der Waals surface area (Å²) in [6.07, 6.45) is -0.180. The van der Waals surface area contributed by atoms with Crippen molar-refractivity contribution in [1.82, 2.24) is 25.3 Å². The number of piperazine rings is 1. The number of aromatic nitrogens is 2. The van der Waals surface area contributed by atoms with Crippen LogP contribution in [0.3, 0.4) is 0 Å². The molecule has 1 saturated heterocycles. The summed E-state index contributed by atoms with van der Waals surface area (Å²) in [6.45, 7) is 12.4. The third kappa shape index (κ3) is 7.33. The molecule has 1 aliphatic heterocycles. The fourth-order valence-electron chi connectivity index (χ4n) is 3.17. The minimum Gasteiger partial charge on any atom is -0.371 e. The summed E-state index contributed by atoms with van der Waals surface area (Å²) in [6, 6.07) is 4.07. The predicted octanol–water partition coefficient (Wildman–Crippen LogP) is 3.78. The van der Waals surface area contributed by atoms with E-state index >= 15 is 0 Å². The van der Waals surface area contributed by atoms with Gasteiger partial charge in [0.2, 0.25) is 5.89 Å². The number of thiophene rings is 1. The van der Waals surface area contributed by atoms with E-state index in [1.54, 1.807) is 11.3 Å². The van der Waals surface area contributed by atoms with E-state index in [0.717, 1.165) is 49.6 Å². The lowest BCUT2D eigenvalue weighted by atomic mass is 10.3. The van der Waals surface area contributed by atoms with Crippen LogP contribution >= 0.6 is 46.9 Å². The summed E-state index contributed by atoms with van der Waals surface area (Å²) < 4.78 is 11.7. The van der Waals surface area contributed by atoms with Crippen LogP contribution in [0.2, 0.25) is 4.34 Å². The van der Waals surface area contributed by atoms with Gasteiger partial charge in [0.25, 0.3) is 0 Å². The number of hydrogen-bond donors (Lipinski definition) is 1. The first-order valence-electron chi connectivity index (χ1n) is 10.0. The van der Waals surface area contributed by atoms with Crippen LogP contribution in [0, 0.1) is 0 Å². The van der Waals surface area contributed by atoms with Gasteiger partial charge < -0.3 is 19.5 Å². The Bertz CT molecular complexity index is 794.